The fraction of sp³-hybridized carbons (Fsp3) is 0.182. The molecule has 58 heavy (non-hydrogen) atoms. The molecule has 0 spiro atoms. The zero-order valence-corrected chi connectivity index (χ0v) is 33.9. The fourth-order valence-electron chi connectivity index (χ4n) is 7.27. The molecule has 0 saturated carbocycles. The Kier molecular flexibility index (Phi) is 9.44. The summed E-state index contributed by atoms with van der Waals surface area (Å²) in [5.74, 6) is -3.24. The van der Waals surface area contributed by atoms with E-state index < -0.39 is 49.9 Å². The van der Waals surface area contributed by atoms with Crippen LogP contribution >= 0.6 is 14.3 Å². The molecule has 0 radical (unpaired) electrons. The van der Waals surface area contributed by atoms with E-state index in [2.05, 4.69) is 0 Å². The first kappa shape index (κ1) is 39.1. The standard InChI is InChI=1S/C44H36F4O8P2/c1-25-7-15-29(16-8-25)57(49,30-17-9-26(2)10-18-30)35-24-34(51-5)39-41(55-44(47,48)54-39)37(35)33-23-36(40(52-6)42-38(33)53-43(45,46)56-42)58(50,31-19-11-27(3)12-20-31)32-21-13-28(4)14-22-32/h7-24H,1-6H3. The number of aryl methyl sites for hydroxylation is 4. The highest BCUT2D eigenvalue weighted by atomic mass is 31.2. The maximum atomic E-state index is 16.4. The van der Waals surface area contributed by atoms with Gasteiger partial charge in [-0.2, -0.15) is 0 Å². The Morgan fingerprint density at radius 2 is 0.828 bits per heavy atom. The summed E-state index contributed by atoms with van der Waals surface area (Å²) in [4.78, 5) is 0. The van der Waals surface area contributed by atoms with E-state index in [-0.39, 0.29) is 43.8 Å². The SMILES string of the molecule is COc1cc(P(=O)(c2ccc(C)cc2)c2ccc(C)cc2)c(-c2cc(P(=O)(c3ccc(C)cc3)c3ccc(C)cc3)c(OC)c3c2OC(F)(F)O3)c2c1OC(F)(F)O2. The minimum Gasteiger partial charge on any atom is -0.493 e. The van der Waals surface area contributed by atoms with Crippen LogP contribution in [0.3, 0.4) is 0 Å². The number of rotatable bonds is 9. The lowest BCUT2D eigenvalue weighted by molar-refractivity contribution is -0.288. The molecule has 2 aliphatic heterocycles. The minimum absolute atomic E-state index is 0.139. The van der Waals surface area contributed by atoms with Crippen LogP contribution in [-0.2, 0) is 9.13 Å². The number of halogens is 4. The van der Waals surface area contributed by atoms with E-state index in [0.717, 1.165) is 22.3 Å². The summed E-state index contributed by atoms with van der Waals surface area (Å²) in [6, 6.07) is 29.7. The molecule has 14 heteroatoms. The van der Waals surface area contributed by atoms with E-state index in [4.69, 9.17) is 28.4 Å². The molecule has 0 N–H and O–H groups in total. The lowest BCUT2D eigenvalue weighted by Gasteiger charge is -2.27. The van der Waals surface area contributed by atoms with Gasteiger partial charge in [0.2, 0.25) is 11.5 Å². The van der Waals surface area contributed by atoms with Gasteiger partial charge in [-0.15, -0.1) is 17.6 Å². The lowest BCUT2D eigenvalue weighted by Crippen LogP contribution is -2.29. The highest BCUT2D eigenvalue weighted by Crippen LogP contribution is 2.62. The molecule has 2 aliphatic rings. The molecule has 2 heterocycles. The summed E-state index contributed by atoms with van der Waals surface area (Å²) in [7, 11) is -5.98. The third-order valence-corrected chi connectivity index (χ3v) is 16.3. The second-order valence-electron chi connectivity index (χ2n) is 14.2. The second-order valence-corrected chi connectivity index (χ2v) is 19.6. The molecule has 0 aliphatic carbocycles. The summed E-state index contributed by atoms with van der Waals surface area (Å²) in [6.45, 7) is 7.40. The molecule has 0 aromatic heterocycles. The van der Waals surface area contributed by atoms with Gasteiger partial charge in [0, 0.05) is 37.6 Å². The number of fused-ring (bicyclic) bond motifs is 2. The summed E-state index contributed by atoms with van der Waals surface area (Å²) in [5, 5.41) is 0.845. The van der Waals surface area contributed by atoms with Crippen LogP contribution in [0.5, 0.6) is 34.5 Å². The van der Waals surface area contributed by atoms with Gasteiger partial charge in [-0.25, -0.2) is 0 Å². The first-order valence-corrected chi connectivity index (χ1v) is 21.4. The Labute approximate surface area is 332 Å². The van der Waals surface area contributed by atoms with Crippen LogP contribution in [-0.4, -0.2) is 26.8 Å². The summed E-state index contributed by atoms with van der Waals surface area (Å²) in [5.41, 5.74) is 2.66. The molecular weight excluding hydrogens is 794 g/mol. The number of hydrogen-bond donors (Lipinski definition) is 0. The Hall–Kier alpha value is -5.70. The van der Waals surface area contributed by atoms with Crippen LogP contribution in [0.4, 0.5) is 17.6 Å². The van der Waals surface area contributed by atoms with Crippen LogP contribution in [0, 0.1) is 27.7 Å². The van der Waals surface area contributed by atoms with E-state index in [1.54, 1.807) is 97.1 Å². The molecule has 8 nitrogen and oxygen atoms in total. The number of methoxy groups -OCH3 is 2. The monoisotopic (exact) mass is 830 g/mol. The summed E-state index contributed by atoms with van der Waals surface area (Å²) < 4.78 is 126. The van der Waals surface area contributed by atoms with Crippen molar-refractivity contribution in [3.05, 3.63) is 131 Å². The van der Waals surface area contributed by atoms with Crippen LogP contribution in [0.15, 0.2) is 109 Å². The molecule has 6 aromatic rings. The van der Waals surface area contributed by atoms with Gasteiger partial charge >= 0.3 is 12.6 Å². The zero-order chi connectivity index (χ0) is 41.4. The number of ether oxygens (including phenoxy) is 6. The molecule has 0 atom stereocenters. The Morgan fingerprint density at radius 3 is 1.22 bits per heavy atom. The van der Waals surface area contributed by atoms with Gasteiger partial charge < -0.3 is 37.6 Å². The molecule has 8 rings (SSSR count). The van der Waals surface area contributed by atoms with Crippen molar-refractivity contribution in [3.8, 4) is 45.6 Å². The van der Waals surface area contributed by atoms with Gasteiger partial charge in [0.1, 0.15) is 0 Å². The normalized spacial score (nSPS) is 15.0. The van der Waals surface area contributed by atoms with Crippen LogP contribution in [0.2, 0.25) is 0 Å². The number of alkyl halides is 4. The number of hydrogen-bond acceptors (Lipinski definition) is 8. The molecule has 0 bridgehead atoms. The van der Waals surface area contributed by atoms with Gasteiger partial charge in [0.05, 0.1) is 19.5 Å². The molecule has 298 valence electrons. The van der Waals surface area contributed by atoms with Crippen molar-refractivity contribution in [1.29, 1.82) is 0 Å². The summed E-state index contributed by atoms with van der Waals surface area (Å²) >= 11 is 0. The third kappa shape index (κ3) is 6.39. The zero-order valence-electron chi connectivity index (χ0n) is 32.1. The topological polar surface area (TPSA) is 89.5 Å². The van der Waals surface area contributed by atoms with E-state index in [1.165, 1.54) is 26.4 Å². The van der Waals surface area contributed by atoms with E-state index in [0.29, 0.717) is 10.6 Å². The fourth-order valence-corrected chi connectivity index (χ4v) is 12.9. The van der Waals surface area contributed by atoms with Gasteiger partial charge in [-0.05, 0) is 39.8 Å². The van der Waals surface area contributed by atoms with Crippen LogP contribution in [0.1, 0.15) is 22.3 Å². The van der Waals surface area contributed by atoms with Crippen molar-refractivity contribution in [3.63, 3.8) is 0 Å². The first-order chi connectivity index (χ1) is 27.5. The maximum absolute atomic E-state index is 16.4. The van der Waals surface area contributed by atoms with Gasteiger partial charge in [0.15, 0.2) is 37.3 Å². The second kappa shape index (κ2) is 14.0. The molecular formula is C44H36F4O8P2. The van der Waals surface area contributed by atoms with Crippen molar-refractivity contribution < 1.29 is 55.1 Å². The average Bonchev–Trinajstić information content (AvgIpc) is 3.71. The van der Waals surface area contributed by atoms with Crippen molar-refractivity contribution in [1.82, 2.24) is 0 Å². The molecule has 0 unspecified atom stereocenters. The van der Waals surface area contributed by atoms with Crippen molar-refractivity contribution in [2.75, 3.05) is 14.2 Å². The predicted octanol–water partition coefficient (Wildman–Crippen LogP) is 8.53. The quantitative estimate of drug-likeness (QED) is 0.106. The average molecular weight is 831 g/mol. The smallest absolute Gasteiger partial charge is 0.493 e. The Balaban J connectivity index is 1.56. The molecule has 0 fully saturated rings. The first-order valence-electron chi connectivity index (χ1n) is 18.0. The Morgan fingerprint density at radius 1 is 0.466 bits per heavy atom. The van der Waals surface area contributed by atoms with Gasteiger partial charge in [-0.1, -0.05) is 119 Å². The minimum atomic E-state index is -4.31. The van der Waals surface area contributed by atoms with Crippen LogP contribution < -0.4 is 60.2 Å². The Bertz CT molecular complexity index is 2580. The van der Waals surface area contributed by atoms with Crippen LogP contribution in [0.25, 0.3) is 11.1 Å². The molecule has 0 saturated heterocycles. The number of benzene rings is 6. The largest absolute Gasteiger partial charge is 0.586 e. The highest BCUT2D eigenvalue weighted by Gasteiger charge is 2.53. The molecule has 6 aromatic carbocycles. The van der Waals surface area contributed by atoms with Crippen molar-refractivity contribution in [2.24, 2.45) is 0 Å². The summed E-state index contributed by atoms with van der Waals surface area (Å²) in [6.07, 6.45) is -8.59. The van der Waals surface area contributed by atoms with E-state index in [1.807, 2.05) is 27.7 Å². The molecule has 0 amide bonds. The van der Waals surface area contributed by atoms with E-state index in [9.17, 15) is 0 Å². The maximum Gasteiger partial charge on any atom is 0.586 e. The third-order valence-electron chi connectivity index (χ3n) is 10.2. The lowest BCUT2D eigenvalue weighted by atomic mass is 10.0. The highest BCUT2D eigenvalue weighted by molar-refractivity contribution is 7.86. The predicted molar refractivity (Wildman–Crippen MR) is 215 cm³/mol. The van der Waals surface area contributed by atoms with Gasteiger partial charge in [0.25, 0.3) is 0 Å². The van der Waals surface area contributed by atoms with Gasteiger partial charge in [-0.3, -0.25) is 0 Å². The van der Waals surface area contributed by atoms with Crippen molar-refractivity contribution >= 4 is 46.1 Å². The van der Waals surface area contributed by atoms with E-state index >= 15 is 26.7 Å². The van der Waals surface area contributed by atoms with Crippen molar-refractivity contribution in [2.45, 2.75) is 40.3 Å².